The summed E-state index contributed by atoms with van der Waals surface area (Å²) in [7, 11) is 3.47. The molecule has 1 aromatic heterocycles. The zero-order valence-electron chi connectivity index (χ0n) is 22.0. The topological polar surface area (TPSA) is 132 Å². The number of hydrogen-bond donors (Lipinski definition) is 5. The second-order valence-electron chi connectivity index (χ2n) is 11.1. The second-order valence-corrected chi connectivity index (χ2v) is 11.5. The second kappa shape index (κ2) is 10.7. The van der Waals surface area contributed by atoms with Crippen molar-refractivity contribution in [1.29, 1.82) is 5.41 Å². The zero-order chi connectivity index (χ0) is 27.8. The summed E-state index contributed by atoms with van der Waals surface area (Å²) in [5, 5.41) is 35.2. The van der Waals surface area contributed by atoms with Crippen LogP contribution in [0.25, 0.3) is 0 Å². The monoisotopic (exact) mass is 547 g/mol. The van der Waals surface area contributed by atoms with E-state index in [1.165, 1.54) is 24.3 Å². The summed E-state index contributed by atoms with van der Waals surface area (Å²) in [6, 6.07) is 4.03. The van der Waals surface area contributed by atoms with E-state index in [0.29, 0.717) is 35.6 Å². The van der Waals surface area contributed by atoms with Gasteiger partial charge in [0, 0.05) is 37.5 Å². The Morgan fingerprint density at radius 2 is 2.03 bits per heavy atom. The van der Waals surface area contributed by atoms with Gasteiger partial charge < -0.3 is 30.2 Å². The van der Waals surface area contributed by atoms with E-state index in [4.69, 9.17) is 21.7 Å². The molecule has 2 aromatic rings. The smallest absolute Gasteiger partial charge is 0.274 e. The van der Waals surface area contributed by atoms with E-state index in [0.717, 1.165) is 12.8 Å². The molecule has 4 atom stereocenters. The minimum Gasteiger partial charge on any atom is -0.475 e. The van der Waals surface area contributed by atoms with Crippen LogP contribution < -0.4 is 10.6 Å². The first kappa shape index (κ1) is 28.1. The largest absolute Gasteiger partial charge is 0.475 e. The van der Waals surface area contributed by atoms with Crippen LogP contribution in [0.4, 0.5) is 10.1 Å². The molecule has 0 unspecified atom stereocenters. The molecule has 1 amide bonds. The van der Waals surface area contributed by atoms with Crippen LogP contribution in [-0.2, 0) is 11.8 Å². The van der Waals surface area contributed by atoms with Crippen LogP contribution in [0, 0.1) is 23.1 Å². The SMILES string of the molecule is CN/C(=C\C(=N)OCC(C)(C)O)[C@]1(O)C[C@H]2C[C@@H](c3ncn(C)c3C(=O)Nc3ccc(F)c(Cl)c3)C[C@H]2C1. The van der Waals surface area contributed by atoms with Gasteiger partial charge in [0.1, 0.15) is 23.7 Å². The molecule has 0 aliphatic heterocycles. The highest BCUT2D eigenvalue weighted by atomic mass is 35.5. The number of carbonyl (C=O) groups excluding carboxylic acids is 1. The summed E-state index contributed by atoms with van der Waals surface area (Å²) < 4.78 is 20.5. The number of imidazole rings is 1. The van der Waals surface area contributed by atoms with Crippen LogP contribution >= 0.6 is 11.6 Å². The molecule has 9 nitrogen and oxygen atoms in total. The summed E-state index contributed by atoms with van der Waals surface area (Å²) in [6.45, 7) is 3.17. The van der Waals surface area contributed by atoms with Crippen LogP contribution in [0.3, 0.4) is 0 Å². The van der Waals surface area contributed by atoms with E-state index in [1.54, 1.807) is 38.8 Å². The van der Waals surface area contributed by atoms with Gasteiger partial charge in [-0.1, -0.05) is 11.6 Å². The average molecular weight is 548 g/mol. The third kappa shape index (κ3) is 6.03. The third-order valence-electron chi connectivity index (χ3n) is 7.41. The normalized spacial score (nSPS) is 25.3. The van der Waals surface area contributed by atoms with Gasteiger partial charge in [0.05, 0.1) is 22.6 Å². The molecule has 2 saturated carbocycles. The average Bonchev–Trinajstić information content (AvgIpc) is 3.49. The highest BCUT2D eigenvalue weighted by Gasteiger charge is 2.51. The predicted octanol–water partition coefficient (Wildman–Crippen LogP) is 3.97. The van der Waals surface area contributed by atoms with E-state index in [-0.39, 0.29) is 41.2 Å². The molecule has 5 N–H and O–H groups in total. The molecule has 2 aliphatic rings. The quantitative estimate of drug-likeness (QED) is 0.251. The van der Waals surface area contributed by atoms with Crippen LogP contribution in [0.2, 0.25) is 5.02 Å². The first-order valence-electron chi connectivity index (χ1n) is 12.6. The lowest BCUT2D eigenvalue weighted by Crippen LogP contribution is -2.36. The van der Waals surface area contributed by atoms with Crippen molar-refractivity contribution in [2.45, 2.75) is 56.7 Å². The Kier molecular flexibility index (Phi) is 7.88. The van der Waals surface area contributed by atoms with Gasteiger partial charge in [0.2, 0.25) is 5.90 Å². The number of amides is 1. The summed E-state index contributed by atoms with van der Waals surface area (Å²) in [6.07, 6.45) is 5.68. The molecule has 1 aromatic carbocycles. The maximum atomic E-state index is 13.5. The van der Waals surface area contributed by atoms with Gasteiger partial charge in [-0.05, 0) is 69.6 Å². The molecule has 4 rings (SSSR count). The van der Waals surface area contributed by atoms with E-state index in [9.17, 15) is 19.4 Å². The Morgan fingerprint density at radius 1 is 1.37 bits per heavy atom. The van der Waals surface area contributed by atoms with Gasteiger partial charge in [-0.25, -0.2) is 9.37 Å². The number of carbonyl (C=O) groups is 1. The maximum Gasteiger partial charge on any atom is 0.274 e. The van der Waals surface area contributed by atoms with Crippen LogP contribution in [0.5, 0.6) is 0 Å². The number of ether oxygens (including phenoxy) is 1. The molecule has 2 aliphatic carbocycles. The number of anilines is 1. The summed E-state index contributed by atoms with van der Waals surface area (Å²) >= 11 is 5.86. The lowest BCUT2D eigenvalue weighted by Gasteiger charge is -2.28. The minimum absolute atomic E-state index is 0.0289. The number of aryl methyl sites for hydroxylation is 1. The third-order valence-corrected chi connectivity index (χ3v) is 7.70. The highest BCUT2D eigenvalue weighted by molar-refractivity contribution is 6.31. The number of likely N-dealkylation sites (N-methyl/N-ethyl adjacent to an activating group) is 1. The molecule has 1 heterocycles. The molecule has 0 saturated heterocycles. The number of rotatable bonds is 8. The molecule has 11 heteroatoms. The van der Waals surface area contributed by atoms with Crippen molar-refractivity contribution in [3.63, 3.8) is 0 Å². The first-order chi connectivity index (χ1) is 17.8. The number of aliphatic hydroxyl groups is 2. The fourth-order valence-corrected chi connectivity index (χ4v) is 5.94. The van der Waals surface area contributed by atoms with Crippen LogP contribution in [-0.4, -0.2) is 56.4 Å². The number of nitrogens with zero attached hydrogens (tertiary/aromatic N) is 2. The number of aromatic nitrogens is 2. The lowest BCUT2D eigenvalue weighted by atomic mass is 9.89. The highest BCUT2D eigenvalue weighted by Crippen LogP contribution is 2.55. The van der Waals surface area contributed by atoms with Gasteiger partial charge in [-0.15, -0.1) is 0 Å². The molecule has 38 heavy (non-hydrogen) atoms. The Morgan fingerprint density at radius 3 is 2.61 bits per heavy atom. The molecule has 0 spiro atoms. The number of nitrogens with one attached hydrogen (secondary N) is 3. The van der Waals surface area contributed by atoms with Crippen molar-refractivity contribution in [3.8, 4) is 0 Å². The molecule has 0 radical (unpaired) electrons. The van der Waals surface area contributed by atoms with Crippen LogP contribution in [0.1, 0.15) is 61.6 Å². The predicted molar refractivity (Wildman–Crippen MR) is 143 cm³/mol. The fraction of sp³-hybridized carbons (Fsp3) is 0.519. The van der Waals surface area contributed by atoms with Gasteiger partial charge in [-0.2, -0.15) is 0 Å². The number of hydrogen-bond acceptors (Lipinski definition) is 7. The van der Waals surface area contributed by atoms with Crippen molar-refractivity contribution in [3.05, 3.63) is 58.5 Å². The fourth-order valence-electron chi connectivity index (χ4n) is 5.76. The standard InChI is InChI=1S/C27H35ClFN5O4/c1-26(2,36)13-38-22(30)10-21(31-3)27(37)11-16-7-15(8-17(16)12-27)23-24(34(4)14-32-23)25(35)33-18-5-6-20(29)19(28)9-18/h5-6,9-10,14-17,30-31,36-37H,7-8,11-13H2,1-4H3,(H,33,35)/b21-10-,30-22?/t15-,16-,17+,27+. The molecular weight excluding hydrogens is 513 g/mol. The summed E-state index contributed by atoms with van der Waals surface area (Å²) in [5.74, 6) is -0.529. The number of halogens is 2. The Bertz CT molecular complexity index is 1240. The van der Waals surface area contributed by atoms with E-state index < -0.39 is 17.0 Å². The Balaban J connectivity index is 1.44. The van der Waals surface area contributed by atoms with Crippen molar-refractivity contribution < 1.29 is 24.1 Å². The van der Waals surface area contributed by atoms with Crippen LogP contribution in [0.15, 0.2) is 36.3 Å². The molecule has 0 bridgehead atoms. The van der Waals surface area contributed by atoms with E-state index in [2.05, 4.69) is 15.6 Å². The first-order valence-corrected chi connectivity index (χ1v) is 13.0. The van der Waals surface area contributed by atoms with Gasteiger partial charge in [0.15, 0.2) is 0 Å². The summed E-state index contributed by atoms with van der Waals surface area (Å²) in [4.78, 5) is 17.7. The number of fused-ring (bicyclic) bond motifs is 1. The van der Waals surface area contributed by atoms with E-state index in [1.807, 2.05) is 0 Å². The van der Waals surface area contributed by atoms with Crippen molar-refractivity contribution in [2.75, 3.05) is 19.0 Å². The Labute approximate surface area is 226 Å². The summed E-state index contributed by atoms with van der Waals surface area (Å²) in [5.41, 5.74) is -0.124. The van der Waals surface area contributed by atoms with Crippen molar-refractivity contribution >= 4 is 29.1 Å². The Hall–Kier alpha value is -2.95. The van der Waals surface area contributed by atoms with Gasteiger partial charge >= 0.3 is 0 Å². The molecule has 206 valence electrons. The maximum absolute atomic E-state index is 13.5. The number of benzene rings is 1. The zero-order valence-corrected chi connectivity index (χ0v) is 22.8. The minimum atomic E-state index is -1.12. The van der Waals surface area contributed by atoms with Gasteiger partial charge in [0.25, 0.3) is 5.91 Å². The van der Waals surface area contributed by atoms with Gasteiger partial charge in [-0.3, -0.25) is 10.2 Å². The van der Waals surface area contributed by atoms with E-state index >= 15 is 0 Å². The lowest BCUT2D eigenvalue weighted by molar-refractivity contribution is 0.0237. The molecular formula is C27H35ClFN5O4. The molecule has 2 fully saturated rings. The van der Waals surface area contributed by atoms with Crippen molar-refractivity contribution in [1.82, 2.24) is 14.9 Å². The van der Waals surface area contributed by atoms with Crippen molar-refractivity contribution in [2.24, 2.45) is 18.9 Å².